The van der Waals surface area contributed by atoms with Gasteiger partial charge in [0.1, 0.15) is 11.5 Å². The molecule has 164 valence electrons. The first-order valence-electron chi connectivity index (χ1n) is 10.5. The minimum Gasteiger partial charge on any atom is -0.507 e. The lowest BCUT2D eigenvalue weighted by molar-refractivity contribution is -0.140. The number of aliphatic hydroxyl groups excluding tert-OH is 1. The Hall–Kier alpha value is -3.12. The fourth-order valence-electron chi connectivity index (χ4n) is 3.70. The zero-order valence-corrected chi connectivity index (χ0v) is 18.3. The molecule has 1 unspecified atom stereocenters. The third kappa shape index (κ3) is 4.97. The third-order valence-electron chi connectivity index (χ3n) is 5.26. The van der Waals surface area contributed by atoms with Crippen molar-refractivity contribution in [2.24, 2.45) is 0 Å². The average Bonchev–Trinajstić information content (AvgIpc) is 3.03. The molecule has 1 aliphatic heterocycles. The van der Waals surface area contributed by atoms with Gasteiger partial charge in [0.15, 0.2) is 0 Å². The van der Waals surface area contributed by atoms with Crippen LogP contribution < -0.4 is 4.74 Å². The van der Waals surface area contributed by atoms with Gasteiger partial charge < -0.3 is 19.5 Å². The van der Waals surface area contributed by atoms with E-state index in [1.165, 1.54) is 4.90 Å². The molecule has 1 heterocycles. The normalized spacial score (nSPS) is 17.9. The van der Waals surface area contributed by atoms with Gasteiger partial charge in [0.25, 0.3) is 11.7 Å². The number of hydrogen-bond donors (Lipinski definition) is 1. The highest BCUT2D eigenvalue weighted by molar-refractivity contribution is 6.46. The molecule has 1 N–H and O–H groups in total. The molecule has 0 bridgehead atoms. The van der Waals surface area contributed by atoms with Crippen LogP contribution in [0.5, 0.6) is 5.75 Å². The molecule has 0 spiro atoms. The molecule has 0 saturated carbocycles. The summed E-state index contributed by atoms with van der Waals surface area (Å²) < 4.78 is 10.9. The van der Waals surface area contributed by atoms with Crippen LogP contribution in [-0.2, 0) is 14.3 Å². The van der Waals surface area contributed by atoms with E-state index < -0.39 is 17.7 Å². The molecule has 31 heavy (non-hydrogen) atoms. The summed E-state index contributed by atoms with van der Waals surface area (Å²) in [6, 6.07) is 13.9. The van der Waals surface area contributed by atoms with E-state index in [2.05, 4.69) is 0 Å². The number of amides is 1. The first-order valence-corrected chi connectivity index (χ1v) is 10.5. The molecule has 0 aliphatic carbocycles. The van der Waals surface area contributed by atoms with Crippen molar-refractivity contribution in [1.82, 2.24) is 4.90 Å². The topological polar surface area (TPSA) is 76.1 Å². The summed E-state index contributed by atoms with van der Waals surface area (Å²) in [6.07, 6.45) is 1.45. The number of Topliss-reactive ketones (excluding diaryl/α,β-unsaturated/α-hetero) is 1. The standard InChI is InChI=1S/C25H29NO5/c1-4-14-31-20-8-5-7-19(16-20)22-21(23(27)18-11-9-17(2)10-12-18)24(28)25(29)26(22)13-6-15-30-3/h5,7-12,16,22,27H,4,6,13-15H2,1-3H3/b23-21-. The van der Waals surface area contributed by atoms with Crippen LogP contribution in [0.1, 0.15) is 42.5 Å². The Morgan fingerprint density at radius 1 is 1.10 bits per heavy atom. The number of ether oxygens (including phenoxy) is 2. The van der Waals surface area contributed by atoms with Gasteiger partial charge in [0.2, 0.25) is 0 Å². The molecule has 0 radical (unpaired) electrons. The lowest BCUT2D eigenvalue weighted by Crippen LogP contribution is -2.31. The van der Waals surface area contributed by atoms with Crippen molar-refractivity contribution in [3.63, 3.8) is 0 Å². The van der Waals surface area contributed by atoms with Crippen LogP contribution in [0.15, 0.2) is 54.1 Å². The zero-order valence-electron chi connectivity index (χ0n) is 18.3. The maximum Gasteiger partial charge on any atom is 0.295 e. The van der Waals surface area contributed by atoms with E-state index in [1.54, 1.807) is 19.2 Å². The number of carbonyl (C=O) groups excluding carboxylic acids is 2. The minimum atomic E-state index is -0.691. The van der Waals surface area contributed by atoms with E-state index in [-0.39, 0.29) is 11.3 Å². The largest absolute Gasteiger partial charge is 0.507 e. The Kier molecular flexibility index (Phi) is 7.47. The maximum atomic E-state index is 13.0. The smallest absolute Gasteiger partial charge is 0.295 e. The van der Waals surface area contributed by atoms with E-state index in [0.29, 0.717) is 37.5 Å². The Morgan fingerprint density at radius 2 is 1.84 bits per heavy atom. The number of aryl methyl sites for hydroxylation is 1. The van der Waals surface area contributed by atoms with Crippen LogP contribution in [0.3, 0.4) is 0 Å². The lowest BCUT2D eigenvalue weighted by atomic mass is 9.95. The number of methoxy groups -OCH3 is 1. The van der Waals surface area contributed by atoms with E-state index >= 15 is 0 Å². The molecule has 1 amide bonds. The molecule has 2 aromatic rings. The van der Waals surface area contributed by atoms with Crippen molar-refractivity contribution in [1.29, 1.82) is 0 Å². The van der Waals surface area contributed by atoms with Gasteiger partial charge in [-0.3, -0.25) is 9.59 Å². The summed E-state index contributed by atoms with van der Waals surface area (Å²) in [7, 11) is 1.59. The number of nitrogens with zero attached hydrogens (tertiary/aromatic N) is 1. The van der Waals surface area contributed by atoms with Crippen molar-refractivity contribution < 1.29 is 24.2 Å². The van der Waals surface area contributed by atoms with Crippen LogP contribution in [0.2, 0.25) is 0 Å². The summed E-state index contributed by atoms with van der Waals surface area (Å²) in [5, 5.41) is 11.1. The predicted molar refractivity (Wildman–Crippen MR) is 119 cm³/mol. The van der Waals surface area contributed by atoms with Crippen LogP contribution in [0.4, 0.5) is 0 Å². The molecule has 1 atom stereocenters. The number of aliphatic hydroxyl groups is 1. The Bertz CT molecular complexity index is 964. The molecule has 1 fully saturated rings. The van der Waals surface area contributed by atoms with Crippen LogP contribution in [0.25, 0.3) is 5.76 Å². The summed E-state index contributed by atoms with van der Waals surface area (Å²) in [5.41, 5.74) is 2.36. The monoisotopic (exact) mass is 423 g/mol. The first-order chi connectivity index (χ1) is 15.0. The quantitative estimate of drug-likeness (QED) is 0.283. The Balaban J connectivity index is 2.09. The van der Waals surface area contributed by atoms with E-state index in [0.717, 1.165) is 17.5 Å². The lowest BCUT2D eigenvalue weighted by Gasteiger charge is -2.25. The average molecular weight is 424 g/mol. The van der Waals surface area contributed by atoms with Crippen molar-refractivity contribution >= 4 is 17.4 Å². The molecular weight excluding hydrogens is 394 g/mol. The molecule has 6 heteroatoms. The van der Waals surface area contributed by atoms with Gasteiger partial charge in [0.05, 0.1) is 18.2 Å². The third-order valence-corrected chi connectivity index (χ3v) is 5.26. The summed E-state index contributed by atoms with van der Waals surface area (Å²) in [5.74, 6) is -0.801. The second-order valence-corrected chi connectivity index (χ2v) is 7.63. The summed E-state index contributed by atoms with van der Waals surface area (Å²) in [6.45, 7) is 5.35. The highest BCUT2D eigenvalue weighted by Gasteiger charge is 2.45. The Labute approximate surface area is 183 Å². The van der Waals surface area contributed by atoms with Gasteiger partial charge in [-0.25, -0.2) is 0 Å². The van der Waals surface area contributed by atoms with Gasteiger partial charge >= 0.3 is 0 Å². The molecule has 3 rings (SSSR count). The number of rotatable bonds is 9. The molecular formula is C25H29NO5. The second-order valence-electron chi connectivity index (χ2n) is 7.63. The van der Waals surface area contributed by atoms with Gasteiger partial charge in [0, 0.05) is 25.8 Å². The van der Waals surface area contributed by atoms with Crippen LogP contribution >= 0.6 is 0 Å². The summed E-state index contributed by atoms with van der Waals surface area (Å²) >= 11 is 0. The maximum absolute atomic E-state index is 13.0. The van der Waals surface area contributed by atoms with Crippen molar-refractivity contribution in [3.05, 3.63) is 70.8 Å². The molecule has 1 aliphatic rings. The van der Waals surface area contributed by atoms with Gasteiger partial charge in [-0.05, 0) is 37.5 Å². The van der Waals surface area contributed by atoms with Gasteiger partial charge in [-0.15, -0.1) is 0 Å². The number of hydrogen-bond acceptors (Lipinski definition) is 5. The fraction of sp³-hybridized carbons (Fsp3) is 0.360. The first kappa shape index (κ1) is 22.6. The van der Waals surface area contributed by atoms with Gasteiger partial charge in [-0.2, -0.15) is 0 Å². The van der Waals surface area contributed by atoms with Gasteiger partial charge in [-0.1, -0.05) is 48.9 Å². The second kappa shape index (κ2) is 10.3. The zero-order chi connectivity index (χ0) is 22.4. The van der Waals surface area contributed by atoms with E-state index in [1.807, 2.05) is 50.2 Å². The van der Waals surface area contributed by atoms with Crippen LogP contribution in [0, 0.1) is 6.92 Å². The fourth-order valence-corrected chi connectivity index (χ4v) is 3.70. The number of benzene rings is 2. The minimum absolute atomic E-state index is 0.0962. The summed E-state index contributed by atoms with van der Waals surface area (Å²) in [4.78, 5) is 27.4. The molecule has 2 aromatic carbocycles. The van der Waals surface area contributed by atoms with Crippen molar-refractivity contribution in [3.8, 4) is 5.75 Å². The Morgan fingerprint density at radius 3 is 2.52 bits per heavy atom. The molecule has 1 saturated heterocycles. The molecule has 6 nitrogen and oxygen atoms in total. The number of ketones is 1. The van der Waals surface area contributed by atoms with Crippen LogP contribution in [-0.4, -0.2) is 48.6 Å². The molecule has 0 aromatic heterocycles. The van der Waals surface area contributed by atoms with E-state index in [4.69, 9.17) is 9.47 Å². The van der Waals surface area contributed by atoms with E-state index in [9.17, 15) is 14.7 Å². The SMILES string of the molecule is CCCOc1cccc(C2/C(=C(/O)c3ccc(C)cc3)C(=O)C(=O)N2CCCOC)c1. The van der Waals surface area contributed by atoms with Crippen molar-refractivity contribution in [2.45, 2.75) is 32.7 Å². The number of carbonyl (C=O) groups is 2. The highest BCUT2D eigenvalue weighted by atomic mass is 16.5. The van der Waals surface area contributed by atoms with Crippen molar-refractivity contribution in [2.75, 3.05) is 26.9 Å². The predicted octanol–water partition coefficient (Wildman–Crippen LogP) is 4.24. The number of likely N-dealkylation sites (tertiary alicyclic amines) is 1. The highest BCUT2D eigenvalue weighted by Crippen LogP contribution is 2.40.